The quantitative estimate of drug-likeness (QED) is 0.113. The second kappa shape index (κ2) is 15.6. The molecule has 0 aliphatic rings. The van der Waals surface area contributed by atoms with Gasteiger partial charge in [-0.2, -0.15) is 0 Å². The Morgan fingerprint density at radius 3 is 0.957 bits per heavy atom. The number of rotatable bonds is 14. The maximum atomic E-state index is 11.9. The fraction of sp³-hybridized carbons (Fsp3) is 0.429. The Labute approximate surface area is 276 Å². The number of phenols is 4. The molecule has 4 rings (SSSR count). The van der Waals surface area contributed by atoms with Gasteiger partial charge in [0.25, 0.3) is 0 Å². The highest BCUT2D eigenvalue weighted by Crippen LogP contribution is 2.46. The molecular formula is C42H54O4. The van der Waals surface area contributed by atoms with Crippen LogP contribution in [-0.4, -0.2) is 20.4 Å². The lowest BCUT2D eigenvalue weighted by Gasteiger charge is -2.25. The standard InChI is InChI=1S/C42H54O4/c1-8-12-29-16-18-39(43)33(20-29)26(5)35-22-31(14-10-3)24-37(41(35)45)28(7)38-25-32(15-11-4)23-36(42(38)46)27(6)34-21-30(13-9-2)17-19-40(34)44/h16-28,43-46H,8-15H2,1-7H3. The molecule has 0 amide bonds. The van der Waals surface area contributed by atoms with Crippen molar-refractivity contribution in [2.75, 3.05) is 0 Å². The van der Waals surface area contributed by atoms with E-state index in [1.165, 1.54) is 11.1 Å². The van der Waals surface area contributed by atoms with E-state index in [0.29, 0.717) is 0 Å². The maximum absolute atomic E-state index is 11.9. The zero-order valence-corrected chi connectivity index (χ0v) is 29.0. The molecule has 0 radical (unpaired) electrons. The van der Waals surface area contributed by atoms with Gasteiger partial charge in [-0.05, 0) is 60.1 Å². The lowest BCUT2D eigenvalue weighted by Crippen LogP contribution is -2.07. The first-order chi connectivity index (χ1) is 22.0. The predicted molar refractivity (Wildman–Crippen MR) is 191 cm³/mol. The van der Waals surface area contributed by atoms with Crippen molar-refractivity contribution in [2.45, 2.75) is 118 Å². The molecular weight excluding hydrogens is 568 g/mol. The van der Waals surface area contributed by atoms with Gasteiger partial charge in [0, 0.05) is 51.1 Å². The van der Waals surface area contributed by atoms with Gasteiger partial charge in [-0.3, -0.25) is 0 Å². The van der Waals surface area contributed by atoms with Crippen molar-refractivity contribution in [3.05, 3.63) is 116 Å². The summed E-state index contributed by atoms with van der Waals surface area (Å²) in [4.78, 5) is 0. The molecule has 4 aromatic rings. The average Bonchev–Trinajstić information content (AvgIpc) is 3.04. The van der Waals surface area contributed by atoms with Crippen LogP contribution >= 0.6 is 0 Å². The van der Waals surface area contributed by atoms with Crippen LogP contribution < -0.4 is 0 Å². The second-order valence-corrected chi connectivity index (χ2v) is 13.2. The molecule has 0 spiro atoms. The summed E-state index contributed by atoms with van der Waals surface area (Å²) in [6.07, 6.45) is 7.54. The number of benzene rings is 4. The van der Waals surface area contributed by atoms with Crippen LogP contribution in [0.2, 0.25) is 0 Å². The Hall–Kier alpha value is -3.92. The molecule has 0 aromatic heterocycles. The Morgan fingerprint density at radius 2 is 0.652 bits per heavy atom. The fourth-order valence-electron chi connectivity index (χ4n) is 6.97. The third-order valence-electron chi connectivity index (χ3n) is 9.59. The minimum absolute atomic E-state index is 0.208. The summed E-state index contributed by atoms with van der Waals surface area (Å²) in [5.74, 6) is 0.127. The molecule has 4 nitrogen and oxygen atoms in total. The highest BCUT2D eigenvalue weighted by Gasteiger charge is 2.27. The molecule has 2 atom stereocenters. The summed E-state index contributed by atoms with van der Waals surface area (Å²) >= 11 is 0. The van der Waals surface area contributed by atoms with Crippen molar-refractivity contribution in [3.8, 4) is 23.0 Å². The normalized spacial score (nSPS) is 13.5. The van der Waals surface area contributed by atoms with Gasteiger partial charge in [0.15, 0.2) is 0 Å². The Morgan fingerprint density at radius 1 is 0.391 bits per heavy atom. The molecule has 2 unspecified atom stereocenters. The topological polar surface area (TPSA) is 80.9 Å². The lowest BCUT2D eigenvalue weighted by molar-refractivity contribution is 0.443. The SMILES string of the molecule is CCCc1ccc(O)c(C(C)c2cc(CCC)cc(C(C)c3cc(CCC)cc(C(C)c4cc(CCC)ccc4O)c3O)c2O)c1. The third-order valence-corrected chi connectivity index (χ3v) is 9.59. The number of hydrogen-bond acceptors (Lipinski definition) is 4. The number of hydrogen-bond donors (Lipinski definition) is 4. The minimum atomic E-state index is -0.300. The molecule has 246 valence electrons. The van der Waals surface area contributed by atoms with Crippen molar-refractivity contribution >= 4 is 0 Å². The van der Waals surface area contributed by atoms with Crippen LogP contribution in [0.1, 0.15) is 148 Å². The van der Waals surface area contributed by atoms with E-state index in [2.05, 4.69) is 71.0 Å². The van der Waals surface area contributed by atoms with E-state index in [4.69, 9.17) is 0 Å². The average molecular weight is 623 g/mol. The van der Waals surface area contributed by atoms with Crippen molar-refractivity contribution < 1.29 is 20.4 Å². The van der Waals surface area contributed by atoms with E-state index in [0.717, 1.165) is 95.9 Å². The fourth-order valence-corrected chi connectivity index (χ4v) is 6.97. The Kier molecular flexibility index (Phi) is 11.8. The maximum Gasteiger partial charge on any atom is 0.123 e. The van der Waals surface area contributed by atoms with Gasteiger partial charge in [-0.25, -0.2) is 0 Å². The lowest BCUT2D eigenvalue weighted by atomic mass is 9.81. The summed E-state index contributed by atoms with van der Waals surface area (Å²) in [5, 5.41) is 45.7. The number of phenolic OH excluding ortho intramolecular Hbond substituents is 4. The van der Waals surface area contributed by atoms with Gasteiger partial charge < -0.3 is 20.4 Å². The molecule has 4 aromatic carbocycles. The molecule has 0 heterocycles. The first-order valence-electron chi connectivity index (χ1n) is 17.4. The first-order valence-corrected chi connectivity index (χ1v) is 17.4. The van der Waals surface area contributed by atoms with Gasteiger partial charge in [0.2, 0.25) is 0 Å². The zero-order chi connectivity index (χ0) is 33.5. The van der Waals surface area contributed by atoms with E-state index in [1.807, 2.05) is 26.0 Å². The summed E-state index contributed by atoms with van der Waals surface area (Å²) in [5.41, 5.74) is 9.33. The Balaban J connectivity index is 1.86. The zero-order valence-electron chi connectivity index (χ0n) is 29.0. The van der Waals surface area contributed by atoms with Gasteiger partial charge in [0.05, 0.1) is 0 Å². The molecule has 0 bridgehead atoms. The summed E-state index contributed by atoms with van der Waals surface area (Å²) in [6.45, 7) is 14.7. The molecule has 0 aliphatic carbocycles. The molecule has 0 saturated carbocycles. The summed E-state index contributed by atoms with van der Waals surface area (Å²) in [6, 6.07) is 19.9. The van der Waals surface area contributed by atoms with Crippen molar-refractivity contribution in [1.29, 1.82) is 0 Å². The molecule has 46 heavy (non-hydrogen) atoms. The first kappa shape index (κ1) is 34.9. The van der Waals surface area contributed by atoms with Crippen LogP contribution in [0, 0.1) is 0 Å². The number of aryl methyl sites for hydroxylation is 4. The van der Waals surface area contributed by atoms with E-state index in [-0.39, 0.29) is 40.8 Å². The van der Waals surface area contributed by atoms with E-state index in [9.17, 15) is 20.4 Å². The molecule has 0 saturated heterocycles. The molecule has 4 N–H and O–H groups in total. The van der Waals surface area contributed by atoms with Gasteiger partial charge in [0.1, 0.15) is 23.0 Å². The highest BCUT2D eigenvalue weighted by atomic mass is 16.3. The highest BCUT2D eigenvalue weighted by molar-refractivity contribution is 5.58. The molecule has 0 aliphatic heterocycles. The van der Waals surface area contributed by atoms with E-state index in [1.54, 1.807) is 12.1 Å². The predicted octanol–water partition coefficient (Wildman–Crippen LogP) is 10.8. The van der Waals surface area contributed by atoms with Crippen molar-refractivity contribution in [1.82, 2.24) is 0 Å². The van der Waals surface area contributed by atoms with Gasteiger partial charge in [-0.15, -0.1) is 0 Å². The third kappa shape index (κ3) is 7.54. The largest absolute Gasteiger partial charge is 0.508 e. The molecule has 4 heteroatoms. The van der Waals surface area contributed by atoms with Crippen LogP contribution in [0.3, 0.4) is 0 Å². The van der Waals surface area contributed by atoms with Crippen LogP contribution in [-0.2, 0) is 25.7 Å². The van der Waals surface area contributed by atoms with Crippen LogP contribution in [0.25, 0.3) is 0 Å². The smallest absolute Gasteiger partial charge is 0.123 e. The van der Waals surface area contributed by atoms with Crippen LogP contribution in [0.15, 0.2) is 60.7 Å². The van der Waals surface area contributed by atoms with E-state index < -0.39 is 0 Å². The second-order valence-electron chi connectivity index (χ2n) is 13.2. The van der Waals surface area contributed by atoms with E-state index >= 15 is 0 Å². The molecule has 0 fully saturated rings. The summed E-state index contributed by atoms with van der Waals surface area (Å²) < 4.78 is 0. The monoisotopic (exact) mass is 622 g/mol. The van der Waals surface area contributed by atoms with Crippen LogP contribution in [0.4, 0.5) is 0 Å². The Bertz CT molecular complexity index is 1510. The van der Waals surface area contributed by atoms with Crippen LogP contribution in [0.5, 0.6) is 23.0 Å². The minimum Gasteiger partial charge on any atom is -0.508 e. The van der Waals surface area contributed by atoms with Crippen molar-refractivity contribution in [2.24, 2.45) is 0 Å². The summed E-state index contributed by atoms with van der Waals surface area (Å²) in [7, 11) is 0. The van der Waals surface area contributed by atoms with Gasteiger partial charge >= 0.3 is 0 Å². The number of aromatic hydroxyl groups is 4. The van der Waals surface area contributed by atoms with Crippen molar-refractivity contribution in [3.63, 3.8) is 0 Å². The van der Waals surface area contributed by atoms with Gasteiger partial charge in [-0.1, -0.05) is 123 Å².